The smallest absolute Gasteiger partial charge is 0.410 e. The first-order valence-electron chi connectivity index (χ1n) is 9.77. The number of oxime groups is 1. The number of amides is 1. The molecule has 1 amide bonds. The van der Waals surface area contributed by atoms with Crippen LogP contribution in [0.4, 0.5) is 4.79 Å². The van der Waals surface area contributed by atoms with Crippen LogP contribution in [0.5, 0.6) is 0 Å². The fraction of sp³-hybridized carbons (Fsp3) is 0.619. The molecule has 0 radical (unpaired) electrons. The van der Waals surface area contributed by atoms with Crippen molar-refractivity contribution in [2.75, 3.05) is 26.2 Å². The van der Waals surface area contributed by atoms with Crippen LogP contribution in [-0.2, 0) is 11.3 Å². The molecule has 1 aromatic carbocycles. The van der Waals surface area contributed by atoms with Crippen LogP contribution in [0.2, 0.25) is 0 Å². The number of carbonyl (C=O) groups excluding carboxylic acids is 1. The van der Waals surface area contributed by atoms with Gasteiger partial charge in [0.1, 0.15) is 5.60 Å². The summed E-state index contributed by atoms with van der Waals surface area (Å²) in [6, 6.07) is 10.5. The summed E-state index contributed by atoms with van der Waals surface area (Å²) < 4.78 is 5.47. The van der Waals surface area contributed by atoms with Crippen LogP contribution in [0.25, 0.3) is 0 Å². The minimum absolute atomic E-state index is 0.0968. The van der Waals surface area contributed by atoms with Crippen LogP contribution in [0.1, 0.15) is 45.6 Å². The molecule has 0 unspecified atom stereocenters. The molecule has 148 valence electrons. The second kappa shape index (κ2) is 7.89. The lowest BCUT2D eigenvalue weighted by molar-refractivity contribution is 0.0200. The highest BCUT2D eigenvalue weighted by Crippen LogP contribution is 2.40. The Morgan fingerprint density at radius 3 is 2.37 bits per heavy atom. The number of hydrogen-bond acceptors (Lipinski definition) is 5. The van der Waals surface area contributed by atoms with E-state index in [1.54, 1.807) is 4.90 Å². The van der Waals surface area contributed by atoms with Crippen LogP contribution < -0.4 is 0 Å². The molecule has 0 atom stereocenters. The monoisotopic (exact) mass is 373 g/mol. The maximum absolute atomic E-state index is 12.4. The first kappa shape index (κ1) is 19.7. The van der Waals surface area contributed by atoms with E-state index in [1.807, 2.05) is 26.8 Å². The van der Waals surface area contributed by atoms with Gasteiger partial charge < -0.3 is 14.8 Å². The Bertz CT molecular complexity index is 674. The Morgan fingerprint density at radius 2 is 1.78 bits per heavy atom. The number of ether oxygens (including phenoxy) is 1. The van der Waals surface area contributed by atoms with E-state index in [4.69, 9.17) is 4.74 Å². The topological polar surface area (TPSA) is 65.4 Å². The summed E-state index contributed by atoms with van der Waals surface area (Å²) in [6.07, 6.45) is 2.41. The van der Waals surface area contributed by atoms with Gasteiger partial charge in [-0.1, -0.05) is 35.5 Å². The Hall–Kier alpha value is -2.08. The van der Waals surface area contributed by atoms with Crippen LogP contribution in [0.3, 0.4) is 0 Å². The molecule has 1 N–H and O–H groups in total. The lowest BCUT2D eigenvalue weighted by Crippen LogP contribution is -2.54. The second-order valence-electron chi connectivity index (χ2n) is 8.74. The van der Waals surface area contributed by atoms with Crippen LogP contribution in [0, 0.1) is 5.41 Å². The molecule has 1 spiro atoms. The predicted molar refractivity (Wildman–Crippen MR) is 105 cm³/mol. The molecule has 27 heavy (non-hydrogen) atoms. The van der Waals surface area contributed by atoms with Crippen molar-refractivity contribution in [2.24, 2.45) is 10.6 Å². The van der Waals surface area contributed by atoms with Crippen molar-refractivity contribution in [1.82, 2.24) is 9.80 Å². The van der Waals surface area contributed by atoms with Gasteiger partial charge in [-0.3, -0.25) is 4.90 Å². The third-order valence-corrected chi connectivity index (χ3v) is 5.65. The zero-order valence-electron chi connectivity index (χ0n) is 16.6. The van der Waals surface area contributed by atoms with Gasteiger partial charge in [0.15, 0.2) is 0 Å². The number of benzene rings is 1. The highest BCUT2D eigenvalue weighted by atomic mass is 16.6. The van der Waals surface area contributed by atoms with Crippen molar-refractivity contribution in [2.45, 2.75) is 52.2 Å². The first-order chi connectivity index (χ1) is 12.8. The number of nitrogens with zero attached hydrogens (tertiary/aromatic N) is 3. The highest BCUT2D eigenvalue weighted by Gasteiger charge is 2.44. The van der Waals surface area contributed by atoms with Crippen LogP contribution in [-0.4, -0.2) is 58.6 Å². The SMILES string of the molecule is CC(C)(C)OC(=O)N1CCC2(CCN(Cc3ccccc3)CC2)C(=NO)C1. The third-order valence-electron chi connectivity index (χ3n) is 5.65. The van der Waals surface area contributed by atoms with Gasteiger partial charge >= 0.3 is 6.09 Å². The number of piperidine rings is 2. The molecular weight excluding hydrogens is 342 g/mol. The van der Waals surface area contributed by atoms with E-state index in [9.17, 15) is 10.0 Å². The largest absolute Gasteiger partial charge is 0.444 e. The summed E-state index contributed by atoms with van der Waals surface area (Å²) in [4.78, 5) is 16.5. The number of likely N-dealkylation sites (tertiary alicyclic amines) is 2. The maximum Gasteiger partial charge on any atom is 0.410 e. The normalized spacial score (nSPS) is 22.2. The molecule has 1 aromatic rings. The maximum atomic E-state index is 12.4. The first-order valence-corrected chi connectivity index (χ1v) is 9.77. The van der Waals surface area contributed by atoms with E-state index in [0.29, 0.717) is 13.1 Å². The van der Waals surface area contributed by atoms with Crippen molar-refractivity contribution >= 4 is 11.8 Å². The van der Waals surface area contributed by atoms with E-state index in [-0.39, 0.29) is 11.5 Å². The molecule has 3 rings (SSSR count). The molecule has 2 fully saturated rings. The van der Waals surface area contributed by atoms with Crippen molar-refractivity contribution in [1.29, 1.82) is 0 Å². The molecule has 6 heteroatoms. The highest BCUT2D eigenvalue weighted by molar-refractivity contribution is 5.94. The van der Waals surface area contributed by atoms with Crippen molar-refractivity contribution < 1.29 is 14.7 Å². The van der Waals surface area contributed by atoms with Crippen molar-refractivity contribution in [3.63, 3.8) is 0 Å². The fourth-order valence-corrected chi connectivity index (χ4v) is 4.06. The quantitative estimate of drug-likeness (QED) is 0.633. The summed E-state index contributed by atoms with van der Waals surface area (Å²) in [7, 11) is 0. The molecule has 6 nitrogen and oxygen atoms in total. The molecule has 2 aliphatic heterocycles. The zero-order valence-corrected chi connectivity index (χ0v) is 16.6. The summed E-state index contributed by atoms with van der Waals surface area (Å²) in [5.41, 5.74) is 1.43. The average Bonchev–Trinajstić information content (AvgIpc) is 2.63. The zero-order chi connectivity index (χ0) is 19.5. The molecule has 0 aliphatic carbocycles. The van der Waals surface area contributed by atoms with Crippen LogP contribution >= 0.6 is 0 Å². The van der Waals surface area contributed by atoms with E-state index >= 15 is 0 Å². The van der Waals surface area contributed by atoms with Gasteiger partial charge in [-0.15, -0.1) is 0 Å². The van der Waals surface area contributed by atoms with Crippen LogP contribution in [0.15, 0.2) is 35.5 Å². The van der Waals surface area contributed by atoms with Crippen molar-refractivity contribution in [3.05, 3.63) is 35.9 Å². The number of carbonyl (C=O) groups is 1. The summed E-state index contributed by atoms with van der Waals surface area (Å²) in [6.45, 7) is 9.48. The summed E-state index contributed by atoms with van der Waals surface area (Å²) in [5, 5.41) is 13.2. The van der Waals surface area contributed by atoms with Gasteiger partial charge in [-0.25, -0.2) is 4.79 Å². The lowest BCUT2D eigenvalue weighted by Gasteiger charge is -2.46. The molecule has 0 bridgehead atoms. The molecule has 0 saturated carbocycles. The second-order valence-corrected chi connectivity index (χ2v) is 8.74. The van der Waals surface area contributed by atoms with Gasteiger partial charge in [-0.2, -0.15) is 0 Å². The van der Waals surface area contributed by atoms with E-state index < -0.39 is 5.60 Å². The van der Waals surface area contributed by atoms with Gasteiger partial charge in [0.05, 0.1) is 12.3 Å². The molecule has 2 heterocycles. The van der Waals surface area contributed by atoms with Gasteiger partial charge in [0.25, 0.3) is 0 Å². The average molecular weight is 373 g/mol. The molecule has 2 saturated heterocycles. The minimum Gasteiger partial charge on any atom is -0.444 e. The summed E-state index contributed by atoms with van der Waals surface area (Å²) in [5.74, 6) is 0. The minimum atomic E-state index is -0.522. The predicted octanol–water partition coefficient (Wildman–Crippen LogP) is 3.74. The lowest BCUT2D eigenvalue weighted by atomic mass is 9.70. The van der Waals surface area contributed by atoms with Gasteiger partial charge in [-0.05, 0) is 58.7 Å². The number of rotatable bonds is 2. The van der Waals surface area contributed by atoms with Crippen molar-refractivity contribution in [3.8, 4) is 0 Å². The molecular formula is C21H31N3O3. The number of hydrogen-bond donors (Lipinski definition) is 1. The third kappa shape index (κ3) is 4.80. The van der Waals surface area contributed by atoms with E-state index in [0.717, 1.165) is 44.6 Å². The summed E-state index contributed by atoms with van der Waals surface area (Å²) >= 11 is 0. The Balaban J connectivity index is 1.59. The Labute approximate surface area is 161 Å². The standard InChI is InChI=1S/C21H31N3O3/c1-20(2,3)27-19(25)24-14-11-21(18(16-24)22-26)9-12-23(13-10-21)15-17-7-5-4-6-8-17/h4-8,26H,9-16H2,1-3H3. The van der Waals surface area contributed by atoms with Gasteiger partial charge in [0.2, 0.25) is 0 Å². The Kier molecular flexibility index (Phi) is 5.75. The fourth-order valence-electron chi connectivity index (χ4n) is 4.06. The van der Waals surface area contributed by atoms with E-state index in [2.05, 4.69) is 34.3 Å². The van der Waals surface area contributed by atoms with E-state index in [1.165, 1.54) is 5.56 Å². The molecule has 2 aliphatic rings. The molecule has 0 aromatic heterocycles. The van der Waals surface area contributed by atoms with Gasteiger partial charge in [0, 0.05) is 18.5 Å². The Morgan fingerprint density at radius 1 is 1.15 bits per heavy atom.